The van der Waals surface area contributed by atoms with Crippen LogP contribution in [0.1, 0.15) is 43.0 Å². The molecular formula is C27H26ClFN2OS. The molecular weight excluding hydrogens is 455 g/mol. The molecule has 0 amide bonds. The quantitative estimate of drug-likeness (QED) is 0.225. The summed E-state index contributed by atoms with van der Waals surface area (Å²) >= 11 is 7.53. The van der Waals surface area contributed by atoms with Gasteiger partial charge in [0.05, 0.1) is 21.6 Å². The van der Waals surface area contributed by atoms with Crippen LogP contribution in [0.3, 0.4) is 0 Å². The van der Waals surface area contributed by atoms with Gasteiger partial charge in [-0.2, -0.15) is 0 Å². The number of nitrogens with zero attached hydrogens (tertiary/aromatic N) is 2. The van der Waals surface area contributed by atoms with Crippen molar-refractivity contribution >= 4 is 34.3 Å². The van der Waals surface area contributed by atoms with Crippen LogP contribution in [0.15, 0.2) is 64.5 Å². The lowest BCUT2D eigenvalue weighted by Gasteiger charge is -2.22. The number of thioether (sulfide) groups is 1. The van der Waals surface area contributed by atoms with Gasteiger partial charge in [0.1, 0.15) is 5.82 Å². The summed E-state index contributed by atoms with van der Waals surface area (Å²) in [6.07, 6.45) is 0. The molecule has 0 aliphatic rings. The Balaban J connectivity index is 1.81. The van der Waals surface area contributed by atoms with Gasteiger partial charge in [0, 0.05) is 5.75 Å². The Labute approximate surface area is 202 Å². The van der Waals surface area contributed by atoms with Crippen molar-refractivity contribution in [3.05, 3.63) is 98.0 Å². The molecule has 1 aromatic heterocycles. The number of fused-ring (bicyclic) bond motifs is 1. The minimum absolute atomic E-state index is 0.0343. The zero-order chi connectivity index (χ0) is 23.9. The largest absolute Gasteiger partial charge is 0.268 e. The van der Waals surface area contributed by atoms with Gasteiger partial charge in [0.2, 0.25) is 0 Å². The van der Waals surface area contributed by atoms with Crippen LogP contribution in [-0.4, -0.2) is 9.55 Å². The van der Waals surface area contributed by atoms with E-state index >= 15 is 0 Å². The maximum Gasteiger partial charge on any atom is 0.266 e. The minimum atomic E-state index is -0.526. The smallest absolute Gasteiger partial charge is 0.266 e. The molecule has 3 nitrogen and oxygen atoms in total. The lowest BCUT2D eigenvalue weighted by atomic mass is 9.84. The van der Waals surface area contributed by atoms with Crippen LogP contribution in [0.5, 0.6) is 0 Å². The number of aryl methyl sites for hydroxylation is 2. The molecule has 170 valence electrons. The van der Waals surface area contributed by atoms with Crippen LogP contribution in [0, 0.1) is 19.7 Å². The van der Waals surface area contributed by atoms with E-state index in [0.717, 1.165) is 0 Å². The lowest BCUT2D eigenvalue weighted by molar-refractivity contribution is 0.589. The van der Waals surface area contributed by atoms with Gasteiger partial charge in [-0.1, -0.05) is 68.4 Å². The standard InChI is InChI=1S/C27H26ClFN2OS/c1-16-12-18(27(3,4)5)13-17(2)21(16)15-33-26-30-24-9-7-6-8-20(24)25(32)31(26)19-10-11-23(29)22(28)14-19/h6-14H,15H2,1-5H3. The Morgan fingerprint density at radius 2 is 1.70 bits per heavy atom. The average Bonchev–Trinajstić information content (AvgIpc) is 2.75. The zero-order valence-corrected chi connectivity index (χ0v) is 20.9. The predicted molar refractivity (Wildman–Crippen MR) is 136 cm³/mol. The van der Waals surface area contributed by atoms with Crippen molar-refractivity contribution in [2.24, 2.45) is 0 Å². The van der Waals surface area contributed by atoms with Crippen molar-refractivity contribution in [3.63, 3.8) is 0 Å². The highest BCUT2D eigenvalue weighted by molar-refractivity contribution is 7.98. The Bertz CT molecular complexity index is 1400. The molecule has 0 aliphatic carbocycles. The van der Waals surface area contributed by atoms with Crippen molar-refractivity contribution in [2.45, 2.75) is 50.9 Å². The Hall–Kier alpha value is -2.63. The highest BCUT2D eigenvalue weighted by Gasteiger charge is 2.18. The molecule has 0 atom stereocenters. The van der Waals surface area contributed by atoms with E-state index in [1.165, 1.54) is 50.7 Å². The van der Waals surface area contributed by atoms with Gasteiger partial charge in [-0.25, -0.2) is 9.37 Å². The number of benzene rings is 3. The summed E-state index contributed by atoms with van der Waals surface area (Å²) in [5.74, 6) is 0.128. The monoisotopic (exact) mass is 480 g/mol. The third-order valence-electron chi connectivity index (χ3n) is 5.81. The van der Waals surface area contributed by atoms with E-state index in [1.54, 1.807) is 12.1 Å². The summed E-state index contributed by atoms with van der Waals surface area (Å²) in [6.45, 7) is 10.9. The maximum atomic E-state index is 13.8. The lowest BCUT2D eigenvalue weighted by Crippen LogP contribution is -2.22. The van der Waals surface area contributed by atoms with Crippen LogP contribution >= 0.6 is 23.4 Å². The Morgan fingerprint density at radius 3 is 2.33 bits per heavy atom. The van der Waals surface area contributed by atoms with E-state index in [9.17, 15) is 9.18 Å². The highest BCUT2D eigenvalue weighted by atomic mass is 35.5. The van der Waals surface area contributed by atoms with Crippen molar-refractivity contribution in [1.29, 1.82) is 0 Å². The second kappa shape index (κ2) is 8.96. The second-order valence-corrected chi connectivity index (χ2v) is 10.6. The average molecular weight is 481 g/mol. The zero-order valence-electron chi connectivity index (χ0n) is 19.4. The minimum Gasteiger partial charge on any atom is -0.268 e. The van der Waals surface area contributed by atoms with Crippen molar-refractivity contribution < 1.29 is 4.39 Å². The first-order valence-corrected chi connectivity index (χ1v) is 12.1. The van der Waals surface area contributed by atoms with Gasteiger partial charge in [-0.3, -0.25) is 9.36 Å². The number of para-hydroxylation sites is 1. The molecule has 0 aliphatic heterocycles. The predicted octanol–water partition coefficient (Wildman–Crippen LogP) is 7.38. The third kappa shape index (κ3) is 4.71. The molecule has 0 bridgehead atoms. The van der Waals surface area contributed by atoms with E-state index < -0.39 is 5.82 Å². The summed E-state index contributed by atoms with van der Waals surface area (Å²) in [7, 11) is 0. The first-order valence-electron chi connectivity index (χ1n) is 10.8. The highest BCUT2D eigenvalue weighted by Crippen LogP contribution is 2.31. The summed E-state index contributed by atoms with van der Waals surface area (Å²) in [5.41, 5.74) is 5.94. The van der Waals surface area contributed by atoms with Gasteiger partial charge in [0.15, 0.2) is 5.16 Å². The van der Waals surface area contributed by atoms with Gasteiger partial charge < -0.3 is 0 Å². The van der Waals surface area contributed by atoms with Crippen molar-refractivity contribution in [3.8, 4) is 5.69 Å². The third-order valence-corrected chi connectivity index (χ3v) is 7.07. The molecule has 0 N–H and O–H groups in total. The first kappa shape index (κ1) is 23.5. The first-order chi connectivity index (χ1) is 15.6. The molecule has 4 rings (SSSR count). The van der Waals surface area contributed by atoms with Crippen LogP contribution in [-0.2, 0) is 11.2 Å². The summed E-state index contributed by atoms with van der Waals surface area (Å²) in [5, 5.41) is 1.01. The number of rotatable bonds is 4. The number of hydrogen-bond acceptors (Lipinski definition) is 3. The molecule has 0 fully saturated rings. The van der Waals surface area contributed by atoms with E-state index in [2.05, 4.69) is 46.8 Å². The number of halogens is 2. The molecule has 0 saturated carbocycles. The molecule has 3 aromatic carbocycles. The summed E-state index contributed by atoms with van der Waals surface area (Å²) in [6, 6.07) is 16.0. The van der Waals surface area contributed by atoms with Crippen LogP contribution in [0.2, 0.25) is 5.02 Å². The molecule has 0 unspecified atom stereocenters. The number of hydrogen-bond donors (Lipinski definition) is 0. The fourth-order valence-electron chi connectivity index (χ4n) is 3.85. The maximum absolute atomic E-state index is 13.8. The fourth-order valence-corrected chi connectivity index (χ4v) is 5.24. The molecule has 1 heterocycles. The molecule has 0 radical (unpaired) electrons. The van der Waals surface area contributed by atoms with E-state index in [1.807, 2.05) is 18.2 Å². The van der Waals surface area contributed by atoms with E-state index in [-0.39, 0.29) is 16.0 Å². The Kier molecular flexibility index (Phi) is 6.39. The fraction of sp³-hybridized carbons (Fsp3) is 0.259. The van der Waals surface area contributed by atoms with Gasteiger partial charge in [-0.15, -0.1) is 0 Å². The van der Waals surface area contributed by atoms with Gasteiger partial charge >= 0.3 is 0 Å². The molecule has 33 heavy (non-hydrogen) atoms. The molecule has 4 aromatic rings. The second-order valence-electron chi connectivity index (χ2n) is 9.28. The summed E-state index contributed by atoms with van der Waals surface area (Å²) < 4.78 is 15.3. The molecule has 0 saturated heterocycles. The molecule has 6 heteroatoms. The SMILES string of the molecule is Cc1cc(C(C)(C)C)cc(C)c1CSc1nc2ccccc2c(=O)n1-c1ccc(F)c(Cl)c1. The normalized spacial score (nSPS) is 11.8. The summed E-state index contributed by atoms with van der Waals surface area (Å²) in [4.78, 5) is 18.2. The topological polar surface area (TPSA) is 34.9 Å². The molecule has 0 spiro atoms. The van der Waals surface area contributed by atoms with Crippen molar-refractivity contribution in [2.75, 3.05) is 0 Å². The van der Waals surface area contributed by atoms with Crippen LogP contribution < -0.4 is 5.56 Å². The van der Waals surface area contributed by atoms with Crippen LogP contribution in [0.4, 0.5) is 4.39 Å². The van der Waals surface area contributed by atoms with E-state index in [0.29, 0.717) is 27.5 Å². The van der Waals surface area contributed by atoms with E-state index in [4.69, 9.17) is 16.6 Å². The van der Waals surface area contributed by atoms with Crippen LogP contribution in [0.25, 0.3) is 16.6 Å². The number of aromatic nitrogens is 2. The van der Waals surface area contributed by atoms with Crippen molar-refractivity contribution in [1.82, 2.24) is 9.55 Å². The Morgan fingerprint density at radius 1 is 1.03 bits per heavy atom. The van der Waals surface area contributed by atoms with Gasteiger partial charge in [-0.05, 0) is 71.8 Å². The van der Waals surface area contributed by atoms with Gasteiger partial charge in [0.25, 0.3) is 5.56 Å².